The van der Waals surface area contributed by atoms with Crippen molar-refractivity contribution in [3.63, 3.8) is 0 Å². The summed E-state index contributed by atoms with van der Waals surface area (Å²) >= 11 is 0. The van der Waals surface area contributed by atoms with Crippen molar-refractivity contribution in [3.05, 3.63) is 59.7 Å². The highest BCUT2D eigenvalue weighted by molar-refractivity contribution is 6.13. The molecule has 148 valence electrons. The fraction of sp³-hybridized carbons (Fsp3) is 0.300. The highest BCUT2D eigenvalue weighted by Gasteiger charge is 2.56. The Kier molecular flexibility index (Phi) is 5.31. The lowest BCUT2D eigenvalue weighted by Gasteiger charge is -2.16. The van der Waals surface area contributed by atoms with Gasteiger partial charge in [0.25, 0.3) is 0 Å². The van der Waals surface area contributed by atoms with Crippen LogP contribution in [0.4, 0.5) is 18.9 Å². The Bertz CT molecular complexity index is 858. The van der Waals surface area contributed by atoms with E-state index in [0.29, 0.717) is 18.6 Å². The lowest BCUT2D eigenvalue weighted by atomic mass is 10.0. The number of rotatable bonds is 6. The van der Waals surface area contributed by atoms with Crippen LogP contribution in [0.3, 0.4) is 0 Å². The third-order valence-electron chi connectivity index (χ3n) is 4.70. The molecule has 0 aliphatic heterocycles. The second kappa shape index (κ2) is 7.53. The molecule has 0 saturated heterocycles. The van der Waals surface area contributed by atoms with Gasteiger partial charge in [0.05, 0.1) is 12.7 Å². The number of carbonyl (C=O) groups excluding carboxylic acids is 2. The zero-order chi connectivity index (χ0) is 20.4. The Hall–Kier alpha value is -3.03. The van der Waals surface area contributed by atoms with Gasteiger partial charge in [0.2, 0.25) is 11.8 Å². The molecule has 1 fully saturated rings. The molecule has 1 aliphatic carbocycles. The molecule has 28 heavy (non-hydrogen) atoms. The van der Waals surface area contributed by atoms with Gasteiger partial charge in [0, 0.05) is 12.2 Å². The average molecular weight is 392 g/mol. The Morgan fingerprint density at radius 2 is 1.61 bits per heavy atom. The monoisotopic (exact) mass is 392 g/mol. The summed E-state index contributed by atoms with van der Waals surface area (Å²) in [6.07, 6.45) is -3.65. The van der Waals surface area contributed by atoms with Crippen LogP contribution in [0.2, 0.25) is 0 Å². The molecular weight excluding hydrogens is 373 g/mol. The minimum Gasteiger partial charge on any atom is -0.497 e. The number of amides is 2. The predicted molar refractivity (Wildman–Crippen MR) is 96.6 cm³/mol. The number of hydrogen-bond acceptors (Lipinski definition) is 3. The molecule has 0 heterocycles. The van der Waals surface area contributed by atoms with Crippen molar-refractivity contribution in [1.29, 1.82) is 0 Å². The fourth-order valence-electron chi connectivity index (χ4n) is 2.77. The predicted octanol–water partition coefficient (Wildman–Crippen LogP) is 3.75. The molecule has 8 heteroatoms. The summed E-state index contributed by atoms with van der Waals surface area (Å²) in [5, 5.41) is 5.28. The van der Waals surface area contributed by atoms with Crippen molar-refractivity contribution in [2.24, 2.45) is 5.41 Å². The van der Waals surface area contributed by atoms with E-state index in [-0.39, 0.29) is 12.2 Å². The smallest absolute Gasteiger partial charge is 0.416 e. The number of alkyl halides is 3. The van der Waals surface area contributed by atoms with Crippen LogP contribution in [0.15, 0.2) is 48.5 Å². The summed E-state index contributed by atoms with van der Waals surface area (Å²) in [5.74, 6) is -0.211. The topological polar surface area (TPSA) is 67.4 Å². The molecule has 2 N–H and O–H groups in total. The highest BCUT2D eigenvalue weighted by atomic mass is 19.4. The SMILES string of the molecule is COc1ccc(CNC(=O)C2(C(=O)Nc3ccc(C(F)(F)F)cc3)CC2)cc1. The molecular formula is C20H19F3N2O3. The van der Waals surface area contributed by atoms with Crippen molar-refractivity contribution in [2.75, 3.05) is 12.4 Å². The molecule has 2 aromatic carbocycles. The molecule has 0 radical (unpaired) electrons. The van der Waals surface area contributed by atoms with Gasteiger partial charge in [-0.25, -0.2) is 0 Å². The minimum atomic E-state index is -4.44. The second-order valence-electron chi connectivity index (χ2n) is 6.64. The van der Waals surface area contributed by atoms with E-state index in [2.05, 4.69) is 10.6 Å². The van der Waals surface area contributed by atoms with Gasteiger partial charge in [-0.15, -0.1) is 0 Å². The highest BCUT2D eigenvalue weighted by Crippen LogP contribution is 2.47. The number of nitrogens with one attached hydrogen (secondary N) is 2. The van der Waals surface area contributed by atoms with E-state index in [9.17, 15) is 22.8 Å². The summed E-state index contributed by atoms with van der Waals surface area (Å²) in [6, 6.07) is 11.3. The van der Waals surface area contributed by atoms with Crippen molar-refractivity contribution in [3.8, 4) is 5.75 Å². The molecule has 0 aromatic heterocycles. The lowest BCUT2D eigenvalue weighted by Crippen LogP contribution is -2.39. The number of anilines is 1. The largest absolute Gasteiger partial charge is 0.497 e. The maximum Gasteiger partial charge on any atom is 0.416 e. The van der Waals surface area contributed by atoms with Crippen LogP contribution in [0.25, 0.3) is 0 Å². The molecule has 2 amide bonds. The molecule has 1 aliphatic rings. The average Bonchev–Trinajstić information content (AvgIpc) is 3.48. The summed E-state index contributed by atoms with van der Waals surface area (Å²) in [6.45, 7) is 0.262. The van der Waals surface area contributed by atoms with Crippen molar-refractivity contribution >= 4 is 17.5 Å². The standard InChI is InChI=1S/C20H19F3N2O3/c1-28-16-8-2-13(3-9-16)12-24-17(26)19(10-11-19)18(27)25-15-6-4-14(5-7-15)20(21,22)23/h2-9H,10-12H2,1H3,(H,24,26)(H,25,27). The maximum atomic E-state index is 12.6. The van der Waals surface area contributed by atoms with Gasteiger partial charge in [-0.2, -0.15) is 13.2 Å². The molecule has 0 bridgehead atoms. The Morgan fingerprint density at radius 1 is 1.00 bits per heavy atom. The zero-order valence-electron chi connectivity index (χ0n) is 15.1. The van der Waals surface area contributed by atoms with Crippen LogP contribution in [0.1, 0.15) is 24.0 Å². The van der Waals surface area contributed by atoms with E-state index in [4.69, 9.17) is 4.74 Å². The van der Waals surface area contributed by atoms with Crippen LogP contribution in [-0.4, -0.2) is 18.9 Å². The number of carbonyl (C=O) groups is 2. The summed E-state index contributed by atoms with van der Waals surface area (Å²) in [5.41, 5.74) is -0.904. The Morgan fingerprint density at radius 3 is 2.11 bits per heavy atom. The van der Waals surface area contributed by atoms with Crippen LogP contribution in [-0.2, 0) is 22.3 Å². The van der Waals surface area contributed by atoms with Crippen LogP contribution >= 0.6 is 0 Å². The van der Waals surface area contributed by atoms with Gasteiger partial charge < -0.3 is 15.4 Å². The Balaban J connectivity index is 1.58. The number of ether oxygens (including phenoxy) is 1. The Labute approximate surface area is 159 Å². The molecule has 0 spiro atoms. The van der Waals surface area contributed by atoms with E-state index in [1.807, 2.05) is 0 Å². The van der Waals surface area contributed by atoms with Crippen molar-refractivity contribution in [2.45, 2.75) is 25.6 Å². The van der Waals surface area contributed by atoms with Gasteiger partial charge in [-0.05, 0) is 54.8 Å². The van der Waals surface area contributed by atoms with E-state index in [1.54, 1.807) is 31.4 Å². The maximum absolute atomic E-state index is 12.6. The molecule has 5 nitrogen and oxygen atoms in total. The third kappa shape index (κ3) is 4.27. The molecule has 0 unspecified atom stereocenters. The quantitative estimate of drug-likeness (QED) is 0.736. The normalized spacial score (nSPS) is 14.9. The molecule has 0 atom stereocenters. The van der Waals surface area contributed by atoms with Crippen molar-refractivity contribution < 1.29 is 27.5 Å². The van der Waals surface area contributed by atoms with Crippen molar-refractivity contribution in [1.82, 2.24) is 5.32 Å². The number of hydrogen-bond donors (Lipinski definition) is 2. The molecule has 1 saturated carbocycles. The number of benzene rings is 2. The van der Waals surface area contributed by atoms with Crippen LogP contribution in [0, 0.1) is 5.41 Å². The van der Waals surface area contributed by atoms with Gasteiger partial charge in [0.15, 0.2) is 0 Å². The van der Waals surface area contributed by atoms with Crippen LogP contribution in [0.5, 0.6) is 5.75 Å². The second-order valence-corrected chi connectivity index (χ2v) is 6.64. The van der Waals surface area contributed by atoms with E-state index in [1.165, 1.54) is 12.1 Å². The van der Waals surface area contributed by atoms with Gasteiger partial charge >= 0.3 is 6.18 Å². The lowest BCUT2D eigenvalue weighted by molar-refractivity contribution is -0.137. The number of methoxy groups -OCH3 is 1. The van der Waals surface area contributed by atoms with Gasteiger partial charge in [0.1, 0.15) is 11.2 Å². The van der Waals surface area contributed by atoms with Crippen LogP contribution < -0.4 is 15.4 Å². The van der Waals surface area contributed by atoms with Gasteiger partial charge in [-0.1, -0.05) is 12.1 Å². The first-order chi connectivity index (χ1) is 13.2. The third-order valence-corrected chi connectivity index (χ3v) is 4.70. The van der Waals surface area contributed by atoms with E-state index >= 15 is 0 Å². The first kappa shape index (κ1) is 19.7. The summed E-state index contributed by atoms with van der Waals surface area (Å²) < 4.78 is 42.9. The first-order valence-electron chi connectivity index (χ1n) is 8.64. The minimum absolute atomic E-state index is 0.215. The van der Waals surface area contributed by atoms with E-state index < -0.39 is 29.0 Å². The molecule has 3 rings (SSSR count). The fourth-order valence-corrected chi connectivity index (χ4v) is 2.77. The zero-order valence-corrected chi connectivity index (χ0v) is 15.1. The summed E-state index contributed by atoms with van der Waals surface area (Å²) in [7, 11) is 1.56. The van der Waals surface area contributed by atoms with Gasteiger partial charge in [-0.3, -0.25) is 9.59 Å². The molecule has 2 aromatic rings. The summed E-state index contributed by atoms with van der Waals surface area (Å²) in [4.78, 5) is 25.0. The number of halogens is 3. The van der Waals surface area contributed by atoms with E-state index in [0.717, 1.165) is 17.7 Å². The first-order valence-corrected chi connectivity index (χ1v) is 8.64.